The number of rotatable bonds is 8. The van der Waals surface area contributed by atoms with Crippen molar-refractivity contribution >= 4 is 5.78 Å². The molecule has 0 aliphatic heterocycles. The van der Waals surface area contributed by atoms with E-state index in [-0.39, 0.29) is 22.4 Å². The summed E-state index contributed by atoms with van der Waals surface area (Å²) < 4.78 is 13.1. The number of hydrogen-bond donors (Lipinski definition) is 1. The highest BCUT2D eigenvalue weighted by molar-refractivity contribution is 5.95. The number of halogens is 1. The maximum atomic E-state index is 13.1. The van der Waals surface area contributed by atoms with Crippen LogP contribution in [-0.4, -0.2) is 18.9 Å². The number of nitrogens with one attached hydrogen (secondary N) is 1. The summed E-state index contributed by atoms with van der Waals surface area (Å²) in [6, 6.07) is 13.2. The number of ketones is 1. The van der Waals surface area contributed by atoms with Crippen LogP contribution >= 0.6 is 0 Å². The first kappa shape index (κ1) is 24.1. The minimum absolute atomic E-state index is 0.0953. The Balaban J connectivity index is 1.36. The van der Waals surface area contributed by atoms with E-state index < -0.39 is 0 Å². The SMILES string of the molecule is CC(C)c1ccc2c(c1)CCC1C(C)(CNCCCC(=O)c3ccc(F)cc3)CCCC21C. The van der Waals surface area contributed by atoms with Gasteiger partial charge in [-0.3, -0.25) is 4.79 Å². The summed E-state index contributed by atoms with van der Waals surface area (Å²) in [7, 11) is 0. The van der Waals surface area contributed by atoms with Crippen molar-refractivity contribution in [1.29, 1.82) is 0 Å². The molecule has 0 spiro atoms. The molecule has 178 valence electrons. The molecule has 3 unspecified atom stereocenters. The predicted octanol–water partition coefficient (Wildman–Crippen LogP) is 7.21. The van der Waals surface area contributed by atoms with Crippen molar-refractivity contribution in [3.05, 3.63) is 70.5 Å². The van der Waals surface area contributed by atoms with Crippen molar-refractivity contribution in [2.75, 3.05) is 13.1 Å². The molecule has 33 heavy (non-hydrogen) atoms. The van der Waals surface area contributed by atoms with E-state index in [0.29, 0.717) is 23.8 Å². The normalized spacial score (nSPS) is 26.7. The number of aryl methyl sites for hydroxylation is 1. The maximum absolute atomic E-state index is 13.1. The van der Waals surface area contributed by atoms with E-state index in [1.165, 1.54) is 49.8 Å². The van der Waals surface area contributed by atoms with Gasteiger partial charge in [0.2, 0.25) is 0 Å². The van der Waals surface area contributed by atoms with Gasteiger partial charge < -0.3 is 5.32 Å². The molecular formula is C30H40FNO. The van der Waals surface area contributed by atoms with Crippen LogP contribution < -0.4 is 5.32 Å². The van der Waals surface area contributed by atoms with Crippen molar-refractivity contribution in [3.8, 4) is 0 Å². The van der Waals surface area contributed by atoms with Gasteiger partial charge in [0, 0.05) is 18.5 Å². The minimum Gasteiger partial charge on any atom is -0.316 e. The van der Waals surface area contributed by atoms with E-state index in [1.807, 2.05) is 0 Å². The molecule has 1 fully saturated rings. The molecular weight excluding hydrogens is 409 g/mol. The van der Waals surface area contributed by atoms with Crippen molar-refractivity contribution < 1.29 is 9.18 Å². The van der Waals surface area contributed by atoms with E-state index in [1.54, 1.807) is 23.3 Å². The summed E-state index contributed by atoms with van der Waals surface area (Å²) in [6.45, 7) is 11.4. The Hall–Kier alpha value is -2.00. The summed E-state index contributed by atoms with van der Waals surface area (Å²) in [5, 5.41) is 3.70. The average molecular weight is 450 g/mol. The van der Waals surface area contributed by atoms with Gasteiger partial charge in [-0.1, -0.05) is 52.3 Å². The lowest BCUT2D eigenvalue weighted by atomic mass is 9.49. The smallest absolute Gasteiger partial charge is 0.162 e. The maximum Gasteiger partial charge on any atom is 0.162 e. The Morgan fingerprint density at radius 2 is 1.88 bits per heavy atom. The second-order valence-electron chi connectivity index (χ2n) is 11.3. The molecule has 1 N–H and O–H groups in total. The van der Waals surface area contributed by atoms with Crippen LogP contribution in [0.1, 0.15) is 99.2 Å². The van der Waals surface area contributed by atoms with Crippen LogP contribution in [0.4, 0.5) is 4.39 Å². The summed E-state index contributed by atoms with van der Waals surface area (Å²) >= 11 is 0. The molecule has 0 bridgehead atoms. The second-order valence-corrected chi connectivity index (χ2v) is 11.3. The Labute approximate surface area is 199 Å². The van der Waals surface area contributed by atoms with Crippen LogP contribution in [0.3, 0.4) is 0 Å². The van der Waals surface area contributed by atoms with Crippen LogP contribution in [-0.2, 0) is 11.8 Å². The van der Waals surface area contributed by atoms with E-state index in [9.17, 15) is 9.18 Å². The quantitative estimate of drug-likeness (QED) is 0.341. The molecule has 2 nitrogen and oxygen atoms in total. The Morgan fingerprint density at radius 3 is 2.61 bits per heavy atom. The first-order valence-electron chi connectivity index (χ1n) is 12.9. The molecule has 0 heterocycles. The third-order valence-electron chi connectivity index (χ3n) is 8.62. The third-order valence-corrected chi connectivity index (χ3v) is 8.62. The molecule has 2 aromatic carbocycles. The highest BCUT2D eigenvalue weighted by Crippen LogP contribution is 2.57. The summed E-state index contributed by atoms with van der Waals surface area (Å²) in [5.74, 6) is 1.06. The largest absolute Gasteiger partial charge is 0.316 e. The van der Waals surface area contributed by atoms with Crippen molar-refractivity contribution in [2.24, 2.45) is 11.3 Å². The van der Waals surface area contributed by atoms with Crippen molar-refractivity contribution in [3.63, 3.8) is 0 Å². The van der Waals surface area contributed by atoms with Crippen LogP contribution in [0.25, 0.3) is 0 Å². The van der Waals surface area contributed by atoms with Gasteiger partial charge in [0.25, 0.3) is 0 Å². The molecule has 0 radical (unpaired) electrons. The Kier molecular flexibility index (Phi) is 7.09. The van der Waals surface area contributed by atoms with Gasteiger partial charge in [-0.15, -0.1) is 0 Å². The molecule has 1 saturated carbocycles. The molecule has 2 aliphatic rings. The molecule has 2 aromatic rings. The van der Waals surface area contributed by atoms with Crippen molar-refractivity contribution in [2.45, 2.75) is 84.0 Å². The number of carbonyl (C=O) groups is 1. The lowest BCUT2D eigenvalue weighted by Gasteiger charge is -2.55. The van der Waals surface area contributed by atoms with E-state index >= 15 is 0 Å². The number of hydrogen-bond acceptors (Lipinski definition) is 2. The fraction of sp³-hybridized carbons (Fsp3) is 0.567. The molecule has 2 aliphatic carbocycles. The van der Waals surface area contributed by atoms with Crippen LogP contribution in [0, 0.1) is 17.2 Å². The number of Topliss-reactive ketones (excluding diaryl/α,β-unsaturated/α-hetero) is 1. The number of benzene rings is 2. The zero-order chi connectivity index (χ0) is 23.6. The molecule has 3 heteroatoms. The van der Waals surface area contributed by atoms with Gasteiger partial charge in [0.05, 0.1) is 0 Å². The lowest BCUT2D eigenvalue weighted by Crippen LogP contribution is -2.52. The van der Waals surface area contributed by atoms with Gasteiger partial charge >= 0.3 is 0 Å². The Morgan fingerprint density at radius 1 is 1.12 bits per heavy atom. The molecule has 0 aromatic heterocycles. The van der Waals surface area contributed by atoms with E-state index in [2.05, 4.69) is 51.2 Å². The fourth-order valence-corrected chi connectivity index (χ4v) is 6.74. The second kappa shape index (κ2) is 9.70. The number of carbonyl (C=O) groups excluding carboxylic acids is 1. The molecule has 4 rings (SSSR count). The van der Waals surface area contributed by atoms with Crippen LogP contribution in [0.15, 0.2) is 42.5 Å². The fourth-order valence-electron chi connectivity index (χ4n) is 6.74. The van der Waals surface area contributed by atoms with Gasteiger partial charge in [-0.2, -0.15) is 0 Å². The summed E-state index contributed by atoms with van der Waals surface area (Å²) in [6.07, 6.45) is 7.61. The summed E-state index contributed by atoms with van der Waals surface area (Å²) in [5.41, 5.74) is 5.79. The topological polar surface area (TPSA) is 29.1 Å². The average Bonchev–Trinajstić information content (AvgIpc) is 2.78. The zero-order valence-electron chi connectivity index (χ0n) is 20.8. The van der Waals surface area contributed by atoms with Gasteiger partial charge in [-0.05, 0) is 102 Å². The zero-order valence-corrected chi connectivity index (χ0v) is 20.8. The molecule has 3 atom stereocenters. The molecule has 0 amide bonds. The monoisotopic (exact) mass is 449 g/mol. The molecule has 0 saturated heterocycles. The standard InChI is InChI=1S/C30H40FNO/c1-21(2)23-10-14-26-24(19-23)11-15-28-29(3,16-6-17-30(26,28)4)20-32-18-5-7-27(33)22-8-12-25(31)13-9-22/h8-10,12-14,19,21,28,32H,5-7,11,15-18,20H2,1-4H3. The predicted molar refractivity (Wildman–Crippen MR) is 134 cm³/mol. The Bertz CT molecular complexity index is 981. The first-order chi connectivity index (χ1) is 15.7. The highest BCUT2D eigenvalue weighted by Gasteiger charge is 2.51. The van der Waals surface area contributed by atoms with Crippen molar-refractivity contribution in [1.82, 2.24) is 5.32 Å². The van der Waals surface area contributed by atoms with E-state index in [4.69, 9.17) is 0 Å². The van der Waals surface area contributed by atoms with Gasteiger partial charge in [0.1, 0.15) is 5.82 Å². The van der Waals surface area contributed by atoms with Crippen LogP contribution in [0.2, 0.25) is 0 Å². The first-order valence-corrected chi connectivity index (χ1v) is 12.9. The van der Waals surface area contributed by atoms with Gasteiger partial charge in [-0.25, -0.2) is 4.39 Å². The third kappa shape index (κ3) is 4.94. The highest BCUT2D eigenvalue weighted by atomic mass is 19.1. The minimum atomic E-state index is -0.299. The summed E-state index contributed by atoms with van der Waals surface area (Å²) in [4.78, 5) is 12.3. The van der Waals surface area contributed by atoms with Crippen LogP contribution in [0.5, 0.6) is 0 Å². The lowest BCUT2D eigenvalue weighted by molar-refractivity contribution is 0.0260. The van der Waals surface area contributed by atoms with E-state index in [0.717, 1.165) is 19.5 Å². The number of fused-ring (bicyclic) bond motifs is 3. The van der Waals surface area contributed by atoms with Gasteiger partial charge in [0.15, 0.2) is 5.78 Å².